The molecule has 2 aromatic heterocycles. The molecule has 0 spiro atoms. The number of anilines is 4. The van der Waals surface area contributed by atoms with Crippen LogP contribution in [0.15, 0.2) is 24.4 Å². The summed E-state index contributed by atoms with van der Waals surface area (Å²) in [6.07, 6.45) is 7.58. The third-order valence-corrected chi connectivity index (χ3v) is 7.88. The molecular weight excluding hydrogens is 476 g/mol. The van der Waals surface area contributed by atoms with Crippen LogP contribution in [0, 0.1) is 27.7 Å². The molecule has 0 saturated carbocycles. The highest BCUT2D eigenvalue weighted by atomic mass is 16.2. The number of carbonyl (C=O) groups excluding carboxylic acids is 1. The second-order valence-electron chi connectivity index (χ2n) is 10.9. The van der Waals surface area contributed by atoms with E-state index in [2.05, 4.69) is 61.6 Å². The first kappa shape index (κ1) is 26.2. The first-order chi connectivity index (χ1) is 18.4. The van der Waals surface area contributed by atoms with Crippen molar-refractivity contribution in [2.45, 2.75) is 65.7 Å². The van der Waals surface area contributed by atoms with E-state index in [1.807, 2.05) is 26.1 Å². The summed E-state index contributed by atoms with van der Waals surface area (Å²) in [6.45, 7) is 12.7. The maximum absolute atomic E-state index is 12.9. The Balaban J connectivity index is 1.22. The molecule has 9 nitrogen and oxygen atoms in total. The van der Waals surface area contributed by atoms with Gasteiger partial charge in [0.15, 0.2) is 5.82 Å². The first-order valence-electron chi connectivity index (χ1n) is 13.9. The molecule has 38 heavy (non-hydrogen) atoms. The molecule has 2 aliphatic rings. The molecule has 0 aliphatic carbocycles. The topological polar surface area (TPSA) is 102 Å². The maximum atomic E-state index is 12.9. The van der Waals surface area contributed by atoms with Crippen molar-refractivity contribution in [1.29, 1.82) is 0 Å². The van der Waals surface area contributed by atoms with Crippen LogP contribution in [0.1, 0.15) is 66.0 Å². The number of piperidine rings is 2. The van der Waals surface area contributed by atoms with Gasteiger partial charge in [0.1, 0.15) is 5.82 Å². The Kier molecular flexibility index (Phi) is 7.93. The fourth-order valence-corrected chi connectivity index (χ4v) is 5.61. The Labute approximate surface area is 225 Å². The van der Waals surface area contributed by atoms with Gasteiger partial charge in [-0.1, -0.05) is 12.5 Å². The van der Waals surface area contributed by atoms with Gasteiger partial charge in [0.05, 0.1) is 6.54 Å². The lowest BCUT2D eigenvalue weighted by atomic mass is 9.85. The molecule has 1 aromatic carbocycles. The Morgan fingerprint density at radius 3 is 2.42 bits per heavy atom. The predicted molar refractivity (Wildman–Crippen MR) is 151 cm³/mol. The van der Waals surface area contributed by atoms with Crippen molar-refractivity contribution in [2.75, 3.05) is 43.4 Å². The summed E-state index contributed by atoms with van der Waals surface area (Å²) in [5.74, 6) is 2.77. The van der Waals surface area contributed by atoms with Gasteiger partial charge in [-0.3, -0.25) is 14.8 Å². The summed E-state index contributed by atoms with van der Waals surface area (Å²) in [6, 6.07) is 6.44. The molecule has 1 amide bonds. The third kappa shape index (κ3) is 6.15. The number of hydrogen-bond acceptors (Lipinski definition) is 7. The van der Waals surface area contributed by atoms with E-state index in [0.29, 0.717) is 24.3 Å². The Morgan fingerprint density at radius 1 is 0.947 bits per heavy atom. The average Bonchev–Trinajstić information content (AvgIpc) is 3.33. The molecule has 0 bridgehead atoms. The highest BCUT2D eigenvalue weighted by Gasteiger charge is 2.26. The SMILES string of the molecule is Cc1cc(Nc2nc(Nc3cc(C)c(C4CCN(C(=O)CN5CCCCC5)CC4)cc3C)ncc2C)n[nH]1. The van der Waals surface area contributed by atoms with Gasteiger partial charge in [0.25, 0.3) is 0 Å². The molecule has 3 N–H and O–H groups in total. The number of rotatable bonds is 7. The lowest BCUT2D eigenvalue weighted by molar-refractivity contribution is -0.133. The first-order valence-corrected chi connectivity index (χ1v) is 13.9. The van der Waals surface area contributed by atoms with Crippen LogP contribution in [0.4, 0.5) is 23.3 Å². The summed E-state index contributed by atoms with van der Waals surface area (Å²) >= 11 is 0. The second-order valence-corrected chi connectivity index (χ2v) is 10.9. The molecule has 0 unspecified atom stereocenters. The van der Waals surface area contributed by atoms with Gasteiger partial charge in [-0.05, 0) is 95.1 Å². The lowest BCUT2D eigenvalue weighted by Crippen LogP contribution is -2.45. The van der Waals surface area contributed by atoms with Crippen molar-refractivity contribution < 1.29 is 4.79 Å². The smallest absolute Gasteiger partial charge is 0.236 e. The van der Waals surface area contributed by atoms with E-state index in [0.717, 1.165) is 73.2 Å². The van der Waals surface area contributed by atoms with E-state index in [1.165, 1.54) is 30.4 Å². The fraction of sp³-hybridized carbons (Fsp3) is 0.517. The van der Waals surface area contributed by atoms with Crippen LogP contribution in [-0.2, 0) is 4.79 Å². The summed E-state index contributed by atoms with van der Waals surface area (Å²) < 4.78 is 0. The van der Waals surface area contributed by atoms with Gasteiger partial charge in [-0.2, -0.15) is 10.1 Å². The molecule has 0 radical (unpaired) electrons. The zero-order valence-electron chi connectivity index (χ0n) is 23.1. The van der Waals surface area contributed by atoms with Crippen LogP contribution in [0.3, 0.4) is 0 Å². The maximum Gasteiger partial charge on any atom is 0.236 e. The number of amides is 1. The van der Waals surface area contributed by atoms with E-state index < -0.39 is 0 Å². The average molecular weight is 517 g/mol. The molecule has 5 rings (SSSR count). The van der Waals surface area contributed by atoms with Crippen LogP contribution < -0.4 is 10.6 Å². The summed E-state index contributed by atoms with van der Waals surface area (Å²) in [5, 5.41) is 13.9. The van der Waals surface area contributed by atoms with E-state index in [1.54, 1.807) is 0 Å². The molecule has 4 heterocycles. The summed E-state index contributed by atoms with van der Waals surface area (Å²) in [7, 11) is 0. The zero-order valence-corrected chi connectivity index (χ0v) is 23.1. The molecule has 2 aliphatic heterocycles. The van der Waals surface area contributed by atoms with Gasteiger partial charge < -0.3 is 15.5 Å². The normalized spacial score (nSPS) is 17.0. The van der Waals surface area contributed by atoms with Crippen LogP contribution in [0.5, 0.6) is 0 Å². The van der Waals surface area contributed by atoms with Gasteiger partial charge in [-0.15, -0.1) is 0 Å². The molecular formula is C29H40N8O. The van der Waals surface area contributed by atoms with E-state index >= 15 is 0 Å². The largest absolute Gasteiger partial charge is 0.342 e. The summed E-state index contributed by atoms with van der Waals surface area (Å²) in [4.78, 5) is 26.4. The van der Waals surface area contributed by atoms with Gasteiger partial charge in [0, 0.05) is 42.3 Å². The van der Waals surface area contributed by atoms with Crippen LogP contribution in [0.2, 0.25) is 0 Å². The molecule has 3 aromatic rings. The van der Waals surface area contributed by atoms with Crippen molar-refractivity contribution in [3.05, 3.63) is 52.3 Å². The third-order valence-electron chi connectivity index (χ3n) is 7.88. The minimum Gasteiger partial charge on any atom is -0.342 e. The fourth-order valence-electron chi connectivity index (χ4n) is 5.61. The van der Waals surface area contributed by atoms with Crippen LogP contribution in [0.25, 0.3) is 0 Å². The van der Waals surface area contributed by atoms with E-state index in [4.69, 9.17) is 4.98 Å². The molecule has 2 fully saturated rings. The molecule has 2 saturated heterocycles. The molecule has 202 valence electrons. The number of carbonyl (C=O) groups is 1. The predicted octanol–water partition coefficient (Wildman–Crippen LogP) is 5.11. The number of likely N-dealkylation sites (tertiary alicyclic amines) is 2. The van der Waals surface area contributed by atoms with Crippen molar-refractivity contribution in [3.63, 3.8) is 0 Å². The van der Waals surface area contributed by atoms with E-state index in [9.17, 15) is 4.79 Å². The van der Waals surface area contributed by atoms with Crippen molar-refractivity contribution >= 4 is 29.2 Å². The monoisotopic (exact) mass is 516 g/mol. The van der Waals surface area contributed by atoms with Crippen LogP contribution >= 0.6 is 0 Å². The van der Waals surface area contributed by atoms with Crippen molar-refractivity contribution in [3.8, 4) is 0 Å². The Hall–Kier alpha value is -3.46. The van der Waals surface area contributed by atoms with Crippen molar-refractivity contribution in [2.24, 2.45) is 0 Å². The highest BCUT2D eigenvalue weighted by Crippen LogP contribution is 2.34. The Morgan fingerprint density at radius 2 is 1.71 bits per heavy atom. The highest BCUT2D eigenvalue weighted by molar-refractivity contribution is 5.78. The van der Waals surface area contributed by atoms with E-state index in [-0.39, 0.29) is 0 Å². The standard InChI is InChI=1S/C29H40N8O/c1-19-15-25(31-29-30-17-21(3)28(33-29)32-26-16-22(4)34-35-26)20(2)14-24(19)23-8-12-37(13-9-23)27(38)18-36-10-6-5-7-11-36/h14-17,23H,5-13,18H2,1-4H3,(H3,30,31,32,33,34,35). The second kappa shape index (κ2) is 11.5. The number of hydrogen-bond donors (Lipinski definition) is 3. The lowest BCUT2D eigenvalue weighted by Gasteiger charge is -2.35. The number of aromatic amines is 1. The number of aryl methyl sites for hydroxylation is 4. The van der Waals surface area contributed by atoms with Gasteiger partial charge in [0.2, 0.25) is 11.9 Å². The van der Waals surface area contributed by atoms with Gasteiger partial charge in [-0.25, -0.2) is 4.98 Å². The van der Waals surface area contributed by atoms with Crippen LogP contribution in [-0.4, -0.2) is 68.6 Å². The number of nitrogens with one attached hydrogen (secondary N) is 3. The Bertz CT molecular complexity index is 1270. The summed E-state index contributed by atoms with van der Waals surface area (Å²) in [5.41, 5.74) is 6.74. The number of benzene rings is 1. The number of nitrogens with zero attached hydrogens (tertiary/aromatic N) is 5. The van der Waals surface area contributed by atoms with Gasteiger partial charge >= 0.3 is 0 Å². The minimum absolute atomic E-state index is 0.298. The minimum atomic E-state index is 0.298. The molecule has 0 atom stereocenters. The van der Waals surface area contributed by atoms with Crippen molar-refractivity contribution in [1.82, 2.24) is 30.0 Å². The number of aromatic nitrogens is 4. The quantitative estimate of drug-likeness (QED) is 0.401. The zero-order chi connectivity index (χ0) is 26.6. The number of H-pyrrole nitrogens is 1. The molecule has 9 heteroatoms.